The standard InChI is InChI=1S/C34H39N7O5S/c1-2-15-39(34(45)36-19-24-7-4-3-5-8-24)40-22-30(43)41-27(18-23-11-13-26(14-12-23)46-17-16-42)32(44)38(21-29(40)41)20-25-9-6-10-28-31(25)37-33(35)47-28/h3-14,27,29,42H,2,15-22H2,1H3,(H2,35,37)(H,36,45)/t27-,29+/m0/s1. The molecule has 47 heavy (non-hydrogen) atoms. The number of amides is 4. The van der Waals surface area contributed by atoms with E-state index in [0.717, 1.165) is 26.9 Å². The van der Waals surface area contributed by atoms with E-state index in [-0.39, 0.29) is 57.1 Å². The van der Waals surface area contributed by atoms with Crippen LogP contribution < -0.4 is 15.8 Å². The van der Waals surface area contributed by atoms with Gasteiger partial charge in [-0.1, -0.05) is 72.9 Å². The summed E-state index contributed by atoms with van der Waals surface area (Å²) in [5, 5.41) is 16.0. The van der Waals surface area contributed by atoms with Crippen molar-refractivity contribution < 1.29 is 24.2 Å². The molecule has 4 aromatic rings. The highest BCUT2D eigenvalue weighted by Gasteiger charge is 2.52. The summed E-state index contributed by atoms with van der Waals surface area (Å²) in [4.78, 5) is 49.7. The second kappa shape index (κ2) is 14.4. The van der Waals surface area contributed by atoms with Crippen LogP contribution in [0.2, 0.25) is 0 Å². The topological polar surface area (TPSA) is 145 Å². The number of ether oxygens (including phenoxy) is 1. The van der Waals surface area contributed by atoms with E-state index in [1.54, 1.807) is 26.9 Å². The van der Waals surface area contributed by atoms with Gasteiger partial charge < -0.3 is 30.7 Å². The Hall–Kier alpha value is -4.72. The first kappa shape index (κ1) is 32.2. The quantitative estimate of drug-likeness (QED) is 0.211. The fourth-order valence-electron chi connectivity index (χ4n) is 6.28. The number of hydrazine groups is 1. The lowest BCUT2D eigenvalue weighted by Crippen LogP contribution is -2.66. The molecule has 4 amide bonds. The number of aliphatic hydroxyl groups is 1. The molecule has 6 rings (SSSR count). The summed E-state index contributed by atoms with van der Waals surface area (Å²) in [6, 6.07) is 21.7. The predicted molar refractivity (Wildman–Crippen MR) is 179 cm³/mol. The van der Waals surface area contributed by atoms with Crippen LogP contribution in [0, 0.1) is 0 Å². The SMILES string of the molecule is CCCN(C(=O)NCc1ccccc1)N1CC(=O)N2[C@@H](Cc3ccc(OCCO)cc3)C(=O)N(Cc3cccc4sc(N)nc34)C[C@@H]21. The second-order valence-corrected chi connectivity index (χ2v) is 12.7. The van der Waals surface area contributed by atoms with Gasteiger partial charge in [-0.25, -0.2) is 9.78 Å². The Balaban J connectivity index is 1.30. The third-order valence-electron chi connectivity index (χ3n) is 8.43. The Morgan fingerprint density at radius 1 is 1.09 bits per heavy atom. The molecule has 4 N–H and O–H groups in total. The number of aromatic nitrogens is 1. The van der Waals surface area contributed by atoms with Gasteiger partial charge in [-0.15, -0.1) is 0 Å². The number of carbonyl (C=O) groups is 3. The maximum absolute atomic E-state index is 14.3. The Bertz CT molecular complexity index is 1720. The molecule has 0 bridgehead atoms. The van der Waals surface area contributed by atoms with E-state index in [9.17, 15) is 14.4 Å². The molecule has 2 aliphatic rings. The van der Waals surface area contributed by atoms with Gasteiger partial charge in [0.1, 0.15) is 24.6 Å². The van der Waals surface area contributed by atoms with Crippen molar-refractivity contribution in [2.75, 3.05) is 38.6 Å². The number of anilines is 1. The van der Waals surface area contributed by atoms with Crippen molar-refractivity contribution in [3.8, 4) is 5.75 Å². The zero-order chi connectivity index (χ0) is 32.9. The summed E-state index contributed by atoms with van der Waals surface area (Å²) in [5.41, 5.74) is 9.47. The molecule has 2 saturated heterocycles. The highest BCUT2D eigenvalue weighted by atomic mass is 32.1. The molecule has 246 valence electrons. The van der Waals surface area contributed by atoms with Gasteiger partial charge in [0.15, 0.2) is 5.13 Å². The average Bonchev–Trinajstić information content (AvgIpc) is 3.63. The van der Waals surface area contributed by atoms with Crippen LogP contribution in [0.3, 0.4) is 0 Å². The van der Waals surface area contributed by atoms with E-state index in [0.29, 0.717) is 30.4 Å². The number of benzene rings is 3. The smallest absolute Gasteiger partial charge is 0.332 e. The van der Waals surface area contributed by atoms with E-state index in [4.69, 9.17) is 15.6 Å². The number of aliphatic hydroxyl groups excluding tert-OH is 1. The lowest BCUT2D eigenvalue weighted by molar-refractivity contribution is -0.157. The Morgan fingerprint density at radius 3 is 2.62 bits per heavy atom. The van der Waals surface area contributed by atoms with Crippen LogP contribution in [-0.2, 0) is 29.1 Å². The summed E-state index contributed by atoms with van der Waals surface area (Å²) in [6.45, 7) is 3.31. The molecule has 0 unspecified atom stereocenters. The number of rotatable bonds is 12. The van der Waals surface area contributed by atoms with Crippen LogP contribution in [0.4, 0.5) is 9.93 Å². The van der Waals surface area contributed by atoms with Crippen molar-refractivity contribution in [1.29, 1.82) is 0 Å². The summed E-state index contributed by atoms with van der Waals surface area (Å²) >= 11 is 1.40. The zero-order valence-electron chi connectivity index (χ0n) is 26.2. The number of fused-ring (bicyclic) bond motifs is 2. The third-order valence-corrected chi connectivity index (χ3v) is 9.28. The number of para-hydroxylation sites is 1. The van der Waals surface area contributed by atoms with E-state index in [2.05, 4.69) is 10.3 Å². The number of carbonyl (C=O) groups excluding carboxylic acids is 3. The van der Waals surface area contributed by atoms with E-state index >= 15 is 0 Å². The maximum atomic E-state index is 14.3. The van der Waals surface area contributed by atoms with Crippen LogP contribution >= 0.6 is 11.3 Å². The number of piperazine rings is 1. The lowest BCUT2D eigenvalue weighted by atomic mass is 9.99. The number of nitrogen functional groups attached to an aromatic ring is 1. The Morgan fingerprint density at radius 2 is 1.87 bits per heavy atom. The van der Waals surface area contributed by atoms with E-state index < -0.39 is 12.2 Å². The van der Waals surface area contributed by atoms with Gasteiger partial charge in [-0.05, 0) is 41.3 Å². The summed E-state index contributed by atoms with van der Waals surface area (Å²) in [6.07, 6.45) is 0.416. The van der Waals surface area contributed by atoms with Crippen LogP contribution in [0.1, 0.15) is 30.0 Å². The van der Waals surface area contributed by atoms with Gasteiger partial charge in [0.2, 0.25) is 11.8 Å². The highest BCUT2D eigenvalue weighted by molar-refractivity contribution is 7.22. The number of urea groups is 1. The lowest BCUT2D eigenvalue weighted by Gasteiger charge is -2.46. The van der Waals surface area contributed by atoms with Crippen molar-refractivity contribution in [3.63, 3.8) is 0 Å². The summed E-state index contributed by atoms with van der Waals surface area (Å²) < 4.78 is 6.45. The predicted octanol–water partition coefficient (Wildman–Crippen LogP) is 3.21. The summed E-state index contributed by atoms with van der Waals surface area (Å²) in [7, 11) is 0. The Labute approximate surface area is 277 Å². The zero-order valence-corrected chi connectivity index (χ0v) is 27.1. The second-order valence-electron chi connectivity index (χ2n) is 11.6. The number of nitrogens with one attached hydrogen (secondary N) is 1. The minimum atomic E-state index is -0.786. The molecule has 2 fully saturated rings. The molecule has 12 nitrogen and oxygen atoms in total. The molecular formula is C34H39N7O5S. The molecule has 3 aromatic carbocycles. The van der Waals surface area contributed by atoms with Crippen molar-refractivity contribution in [2.24, 2.45) is 0 Å². The maximum Gasteiger partial charge on any atom is 0.332 e. The normalized spacial score (nSPS) is 18.1. The van der Waals surface area contributed by atoms with Gasteiger partial charge >= 0.3 is 6.03 Å². The van der Waals surface area contributed by atoms with Crippen LogP contribution in [0.25, 0.3) is 10.2 Å². The molecule has 13 heteroatoms. The largest absolute Gasteiger partial charge is 0.491 e. The Kier molecular flexibility index (Phi) is 9.85. The first-order valence-electron chi connectivity index (χ1n) is 15.8. The number of nitrogens with two attached hydrogens (primary N) is 1. The highest BCUT2D eigenvalue weighted by Crippen LogP contribution is 2.32. The number of nitrogens with zero attached hydrogens (tertiary/aromatic N) is 5. The fraction of sp³-hybridized carbons (Fsp3) is 0.353. The van der Waals surface area contributed by atoms with Gasteiger partial charge in [-0.3, -0.25) is 14.6 Å². The van der Waals surface area contributed by atoms with Crippen LogP contribution in [0.15, 0.2) is 72.8 Å². The number of hydrogen-bond donors (Lipinski definition) is 3. The van der Waals surface area contributed by atoms with Crippen molar-refractivity contribution in [3.05, 3.63) is 89.5 Å². The molecule has 0 saturated carbocycles. The first-order valence-corrected chi connectivity index (χ1v) is 16.6. The van der Waals surface area contributed by atoms with E-state index in [1.165, 1.54) is 11.3 Å². The molecule has 2 aliphatic heterocycles. The summed E-state index contributed by atoms with van der Waals surface area (Å²) in [5.74, 6) is 0.225. The molecule has 0 spiro atoms. The minimum absolute atomic E-state index is 0.0207. The van der Waals surface area contributed by atoms with Crippen LogP contribution in [-0.4, -0.2) is 92.8 Å². The van der Waals surface area contributed by atoms with Crippen molar-refractivity contribution >= 4 is 44.5 Å². The van der Waals surface area contributed by atoms with Gasteiger partial charge in [0.25, 0.3) is 0 Å². The molecule has 1 aromatic heterocycles. The fourth-order valence-corrected chi connectivity index (χ4v) is 7.06. The monoisotopic (exact) mass is 657 g/mol. The van der Waals surface area contributed by atoms with Gasteiger partial charge in [0, 0.05) is 26.1 Å². The molecule has 0 aliphatic carbocycles. The van der Waals surface area contributed by atoms with Gasteiger partial charge in [0.05, 0.1) is 29.9 Å². The number of thiazole rings is 1. The van der Waals surface area contributed by atoms with Gasteiger partial charge in [-0.2, -0.15) is 5.01 Å². The van der Waals surface area contributed by atoms with Crippen molar-refractivity contribution in [1.82, 2.24) is 30.1 Å². The molecule has 3 heterocycles. The van der Waals surface area contributed by atoms with E-state index in [1.807, 2.05) is 72.6 Å². The van der Waals surface area contributed by atoms with Crippen LogP contribution in [0.5, 0.6) is 5.75 Å². The van der Waals surface area contributed by atoms with Crippen molar-refractivity contribution in [2.45, 2.75) is 45.1 Å². The third kappa shape index (κ3) is 7.02. The molecular weight excluding hydrogens is 618 g/mol. The number of hydrogen-bond acceptors (Lipinski definition) is 9. The average molecular weight is 658 g/mol. The molecule has 2 atom stereocenters. The first-order chi connectivity index (χ1) is 22.9. The minimum Gasteiger partial charge on any atom is -0.491 e. The molecule has 0 radical (unpaired) electrons.